The fraction of sp³-hybridized carbons (Fsp3) is 0.300. The molecule has 1 N–H and O–H groups in total. The van der Waals surface area contributed by atoms with Crippen molar-refractivity contribution in [3.63, 3.8) is 0 Å². The Labute approximate surface area is 86.2 Å². The molecule has 0 saturated carbocycles. The van der Waals surface area contributed by atoms with Crippen LogP contribution >= 0.6 is 0 Å². The summed E-state index contributed by atoms with van der Waals surface area (Å²) in [6, 6.07) is 2.96. The maximum absolute atomic E-state index is 11.2. The number of phenolic OH excluding ortho intramolecular Hbond substituents is 1. The zero-order valence-electron chi connectivity index (χ0n) is 8.15. The first-order valence-corrected chi connectivity index (χ1v) is 4.37. The summed E-state index contributed by atoms with van der Waals surface area (Å²) in [5.74, 6) is -0.0560. The number of carbonyl (C=O) groups excluding carboxylic acids is 1. The highest BCUT2D eigenvalue weighted by molar-refractivity contribution is 5.94. The van der Waals surface area contributed by atoms with Gasteiger partial charge in [-0.05, 0) is 6.07 Å². The Bertz CT molecular complexity index is 399. The highest BCUT2D eigenvalue weighted by atomic mass is 16.7. The van der Waals surface area contributed by atoms with Gasteiger partial charge in [0, 0.05) is 18.7 Å². The second kappa shape index (κ2) is 3.78. The summed E-state index contributed by atoms with van der Waals surface area (Å²) in [6.45, 7) is 0.178. The minimum absolute atomic E-state index is 0.00412. The van der Waals surface area contributed by atoms with E-state index in [4.69, 9.17) is 14.2 Å². The Hall–Kier alpha value is -1.75. The summed E-state index contributed by atoms with van der Waals surface area (Å²) in [7, 11) is 1.49. The smallest absolute Gasteiger partial charge is 0.339 e. The quantitative estimate of drug-likeness (QED) is 0.596. The SMILES string of the molecule is COCOc1cc(O)c2c(c1)C(=O)OC2. The maximum atomic E-state index is 11.2. The second-order valence-electron chi connectivity index (χ2n) is 3.10. The molecule has 0 amide bonds. The summed E-state index contributed by atoms with van der Waals surface area (Å²) < 4.78 is 14.6. The Morgan fingerprint density at radius 2 is 2.33 bits per heavy atom. The molecule has 15 heavy (non-hydrogen) atoms. The van der Waals surface area contributed by atoms with Gasteiger partial charge in [0.05, 0.1) is 5.56 Å². The highest BCUT2D eigenvalue weighted by Gasteiger charge is 2.25. The van der Waals surface area contributed by atoms with E-state index in [-0.39, 0.29) is 19.1 Å². The summed E-state index contributed by atoms with van der Waals surface area (Å²) in [6.07, 6.45) is 0. The normalized spacial score (nSPS) is 13.5. The van der Waals surface area contributed by atoms with Gasteiger partial charge in [0.1, 0.15) is 18.1 Å². The van der Waals surface area contributed by atoms with E-state index in [1.165, 1.54) is 19.2 Å². The van der Waals surface area contributed by atoms with Gasteiger partial charge in [0.25, 0.3) is 0 Å². The largest absolute Gasteiger partial charge is 0.507 e. The van der Waals surface area contributed by atoms with Crippen molar-refractivity contribution < 1.29 is 24.1 Å². The van der Waals surface area contributed by atoms with Gasteiger partial charge in [-0.2, -0.15) is 0 Å². The van der Waals surface area contributed by atoms with Crippen molar-refractivity contribution in [2.24, 2.45) is 0 Å². The molecule has 0 bridgehead atoms. The second-order valence-corrected chi connectivity index (χ2v) is 3.10. The van der Waals surface area contributed by atoms with Crippen molar-refractivity contribution in [2.45, 2.75) is 6.61 Å². The number of esters is 1. The summed E-state index contributed by atoms with van der Waals surface area (Å²) in [5, 5.41) is 9.58. The monoisotopic (exact) mass is 210 g/mol. The summed E-state index contributed by atoms with van der Waals surface area (Å²) in [5.41, 5.74) is 0.853. The van der Waals surface area contributed by atoms with Gasteiger partial charge < -0.3 is 19.3 Å². The molecule has 0 radical (unpaired) electrons. The van der Waals surface area contributed by atoms with E-state index in [0.29, 0.717) is 16.9 Å². The highest BCUT2D eigenvalue weighted by Crippen LogP contribution is 2.32. The Morgan fingerprint density at radius 3 is 3.07 bits per heavy atom. The van der Waals surface area contributed by atoms with Crippen LogP contribution in [0.4, 0.5) is 0 Å². The van der Waals surface area contributed by atoms with Crippen LogP contribution in [0.15, 0.2) is 12.1 Å². The number of hydrogen-bond donors (Lipinski definition) is 1. The van der Waals surface area contributed by atoms with E-state index in [9.17, 15) is 9.90 Å². The summed E-state index contributed by atoms with van der Waals surface area (Å²) in [4.78, 5) is 11.2. The number of carbonyl (C=O) groups is 1. The van der Waals surface area contributed by atoms with Crippen LogP contribution in [0, 0.1) is 0 Å². The minimum Gasteiger partial charge on any atom is -0.507 e. The van der Waals surface area contributed by atoms with Crippen LogP contribution in [0.3, 0.4) is 0 Å². The number of benzene rings is 1. The van der Waals surface area contributed by atoms with Crippen LogP contribution in [0.25, 0.3) is 0 Å². The van der Waals surface area contributed by atoms with Crippen molar-refractivity contribution in [1.82, 2.24) is 0 Å². The fourth-order valence-electron chi connectivity index (χ4n) is 1.39. The van der Waals surface area contributed by atoms with Gasteiger partial charge in [-0.1, -0.05) is 0 Å². The molecule has 1 aromatic rings. The third kappa shape index (κ3) is 1.73. The Morgan fingerprint density at radius 1 is 1.53 bits per heavy atom. The van der Waals surface area contributed by atoms with Crippen LogP contribution in [-0.4, -0.2) is 25.0 Å². The third-order valence-corrected chi connectivity index (χ3v) is 2.11. The predicted molar refractivity (Wildman–Crippen MR) is 49.7 cm³/mol. The standard InChI is InChI=1S/C10H10O5/c1-13-5-15-6-2-7-8(9(11)3-6)4-14-10(7)12/h2-3,11H,4-5H2,1H3. The van der Waals surface area contributed by atoms with Crippen molar-refractivity contribution in [3.8, 4) is 11.5 Å². The molecule has 1 aromatic carbocycles. The molecule has 0 atom stereocenters. The van der Waals surface area contributed by atoms with Gasteiger partial charge in [-0.15, -0.1) is 0 Å². The molecule has 0 saturated heterocycles. The van der Waals surface area contributed by atoms with Crippen molar-refractivity contribution >= 4 is 5.97 Å². The van der Waals surface area contributed by atoms with Crippen molar-refractivity contribution in [3.05, 3.63) is 23.3 Å². The van der Waals surface area contributed by atoms with Crippen molar-refractivity contribution in [1.29, 1.82) is 0 Å². The van der Waals surface area contributed by atoms with Crippen LogP contribution in [-0.2, 0) is 16.1 Å². The molecule has 0 aromatic heterocycles. The number of phenols is 1. The van der Waals surface area contributed by atoms with Crippen LogP contribution in [0.2, 0.25) is 0 Å². The first-order valence-electron chi connectivity index (χ1n) is 4.37. The van der Waals surface area contributed by atoms with Crippen LogP contribution in [0.5, 0.6) is 11.5 Å². The van der Waals surface area contributed by atoms with Crippen molar-refractivity contribution in [2.75, 3.05) is 13.9 Å². The number of cyclic esters (lactones) is 1. The van der Waals surface area contributed by atoms with E-state index < -0.39 is 5.97 Å². The van der Waals surface area contributed by atoms with Crippen LogP contribution < -0.4 is 4.74 Å². The van der Waals surface area contributed by atoms with E-state index in [1.807, 2.05) is 0 Å². The molecular formula is C10H10O5. The molecule has 1 aliphatic heterocycles. The molecule has 0 fully saturated rings. The molecular weight excluding hydrogens is 200 g/mol. The van der Waals surface area contributed by atoms with Crippen LogP contribution in [0.1, 0.15) is 15.9 Å². The molecule has 0 spiro atoms. The molecule has 2 rings (SSSR count). The summed E-state index contributed by atoms with van der Waals surface area (Å²) >= 11 is 0. The average Bonchev–Trinajstić information content (AvgIpc) is 2.58. The lowest BCUT2D eigenvalue weighted by molar-refractivity contribution is 0.0500. The lowest BCUT2D eigenvalue weighted by Crippen LogP contribution is -2.00. The number of methoxy groups -OCH3 is 1. The maximum Gasteiger partial charge on any atom is 0.339 e. The molecule has 1 heterocycles. The third-order valence-electron chi connectivity index (χ3n) is 2.11. The number of rotatable bonds is 3. The van der Waals surface area contributed by atoms with Gasteiger partial charge in [-0.25, -0.2) is 4.79 Å². The molecule has 5 heteroatoms. The van der Waals surface area contributed by atoms with Gasteiger partial charge in [-0.3, -0.25) is 0 Å². The Balaban J connectivity index is 2.33. The molecule has 0 unspecified atom stereocenters. The van der Waals surface area contributed by atoms with Gasteiger partial charge >= 0.3 is 5.97 Å². The van der Waals surface area contributed by atoms with E-state index >= 15 is 0 Å². The molecule has 0 aliphatic carbocycles. The zero-order valence-corrected chi connectivity index (χ0v) is 8.15. The topological polar surface area (TPSA) is 65.0 Å². The number of aromatic hydroxyl groups is 1. The van der Waals surface area contributed by atoms with Gasteiger partial charge in [0.2, 0.25) is 0 Å². The van der Waals surface area contributed by atoms with E-state index in [2.05, 4.69) is 0 Å². The Kier molecular flexibility index (Phi) is 2.47. The lowest BCUT2D eigenvalue weighted by Gasteiger charge is -2.06. The molecule has 1 aliphatic rings. The number of ether oxygens (including phenoxy) is 3. The predicted octanol–water partition coefficient (Wildman–Crippen LogP) is 1.05. The lowest BCUT2D eigenvalue weighted by atomic mass is 10.1. The number of fused-ring (bicyclic) bond motifs is 1. The van der Waals surface area contributed by atoms with E-state index in [0.717, 1.165) is 0 Å². The number of hydrogen-bond acceptors (Lipinski definition) is 5. The first-order chi connectivity index (χ1) is 7.22. The first kappa shape index (κ1) is 9.79. The zero-order chi connectivity index (χ0) is 10.8. The van der Waals surface area contributed by atoms with E-state index in [1.54, 1.807) is 0 Å². The molecule has 5 nitrogen and oxygen atoms in total. The molecule has 80 valence electrons. The average molecular weight is 210 g/mol. The minimum atomic E-state index is -0.442. The fourth-order valence-corrected chi connectivity index (χ4v) is 1.39. The van der Waals surface area contributed by atoms with Gasteiger partial charge in [0.15, 0.2) is 6.79 Å².